The molecule has 8 aromatic carbocycles. The maximum atomic E-state index is 2.75. The van der Waals surface area contributed by atoms with E-state index in [4.69, 9.17) is 0 Å². The molecule has 3 nitrogen and oxygen atoms in total. The van der Waals surface area contributed by atoms with Gasteiger partial charge < -0.3 is 14.7 Å². The Balaban J connectivity index is 1.16. The fourth-order valence-corrected chi connectivity index (χ4v) is 13.6. The number of anilines is 8. The van der Waals surface area contributed by atoms with Crippen LogP contribution in [0.5, 0.6) is 0 Å². The fourth-order valence-electron chi connectivity index (χ4n) is 13.6. The second-order valence-corrected chi connectivity index (χ2v) is 27.1. The summed E-state index contributed by atoms with van der Waals surface area (Å²) in [4.78, 5) is 8.02. The van der Waals surface area contributed by atoms with E-state index in [9.17, 15) is 0 Å². The third kappa shape index (κ3) is 7.50. The lowest BCUT2D eigenvalue weighted by molar-refractivity contribution is 0.245. The molecule has 2 atom stereocenters. The van der Waals surface area contributed by atoms with Crippen molar-refractivity contribution in [3.8, 4) is 11.1 Å². The van der Waals surface area contributed by atoms with Crippen molar-refractivity contribution in [2.24, 2.45) is 0 Å². The molecule has 75 heavy (non-hydrogen) atoms. The zero-order chi connectivity index (χ0) is 52.9. The summed E-state index contributed by atoms with van der Waals surface area (Å²) in [5.41, 5.74) is 26.8. The molecule has 0 bridgehead atoms. The molecule has 4 aliphatic rings. The fraction of sp³-hybridized carbons (Fsp3) is 0.324. The van der Waals surface area contributed by atoms with Gasteiger partial charge in [0.2, 0.25) is 0 Å². The van der Waals surface area contributed by atoms with Crippen LogP contribution in [0.4, 0.5) is 45.5 Å². The van der Waals surface area contributed by atoms with Crippen molar-refractivity contribution in [1.29, 1.82) is 0 Å². The largest absolute Gasteiger partial charge is 0.330 e. The van der Waals surface area contributed by atoms with E-state index < -0.39 is 0 Å². The van der Waals surface area contributed by atoms with Crippen LogP contribution < -0.4 is 31.1 Å². The van der Waals surface area contributed by atoms with Gasteiger partial charge in [0.1, 0.15) is 0 Å². The van der Waals surface area contributed by atoms with Crippen LogP contribution in [0.3, 0.4) is 0 Å². The summed E-state index contributed by atoms with van der Waals surface area (Å²) in [7, 11) is 0. The van der Waals surface area contributed by atoms with Gasteiger partial charge >= 0.3 is 0 Å². The summed E-state index contributed by atoms with van der Waals surface area (Å²) < 4.78 is 0. The van der Waals surface area contributed by atoms with E-state index in [1.165, 1.54) is 118 Å². The molecule has 0 radical (unpaired) electrons. The van der Waals surface area contributed by atoms with Crippen LogP contribution in [-0.2, 0) is 39.0 Å². The molecule has 4 heteroatoms. The molecule has 0 N–H and O–H groups in total. The van der Waals surface area contributed by atoms with E-state index in [1.54, 1.807) is 0 Å². The first kappa shape index (κ1) is 49.1. The van der Waals surface area contributed by atoms with Crippen LogP contribution in [0.1, 0.15) is 148 Å². The second kappa shape index (κ2) is 16.6. The van der Waals surface area contributed by atoms with Gasteiger partial charge in [-0.3, -0.25) is 0 Å². The molecule has 2 unspecified atom stereocenters. The predicted molar refractivity (Wildman–Crippen MR) is 323 cm³/mol. The number of aryl methyl sites for hydroxylation is 2. The first-order valence-electron chi connectivity index (χ1n) is 27.8. The Bertz CT molecular complexity index is 3600. The van der Waals surface area contributed by atoms with Crippen LogP contribution in [0.2, 0.25) is 0 Å². The van der Waals surface area contributed by atoms with Gasteiger partial charge in [-0.05, 0) is 181 Å². The van der Waals surface area contributed by atoms with Crippen molar-refractivity contribution in [3.63, 3.8) is 0 Å². The smallest absolute Gasteiger partial charge is 0.252 e. The molecule has 12 rings (SSSR count). The van der Waals surface area contributed by atoms with Crippen molar-refractivity contribution in [2.45, 2.75) is 149 Å². The number of hydrogen-bond acceptors (Lipinski definition) is 3. The van der Waals surface area contributed by atoms with Crippen molar-refractivity contribution in [3.05, 3.63) is 208 Å². The molecule has 0 amide bonds. The van der Waals surface area contributed by atoms with E-state index in [0.717, 1.165) is 12.8 Å². The van der Waals surface area contributed by atoms with Crippen molar-refractivity contribution in [1.82, 2.24) is 0 Å². The first-order chi connectivity index (χ1) is 35.4. The molecule has 0 saturated heterocycles. The maximum absolute atomic E-state index is 2.75. The lowest BCUT2D eigenvalue weighted by Crippen LogP contribution is -2.61. The third-order valence-electron chi connectivity index (χ3n) is 18.2. The summed E-state index contributed by atoms with van der Waals surface area (Å²) in [5, 5.41) is 0. The highest BCUT2D eigenvalue weighted by atomic mass is 15.3. The highest BCUT2D eigenvalue weighted by Crippen LogP contribution is 2.64. The highest BCUT2D eigenvalue weighted by Gasteiger charge is 2.60. The van der Waals surface area contributed by atoms with E-state index >= 15 is 0 Å². The third-order valence-corrected chi connectivity index (χ3v) is 18.2. The molecule has 8 aromatic rings. The van der Waals surface area contributed by atoms with Crippen molar-refractivity contribution < 1.29 is 0 Å². The van der Waals surface area contributed by atoms with Crippen LogP contribution in [0.15, 0.2) is 164 Å². The predicted octanol–water partition coefficient (Wildman–Crippen LogP) is 17.2. The van der Waals surface area contributed by atoms with Crippen molar-refractivity contribution >= 4 is 68.6 Å². The zero-order valence-corrected chi connectivity index (χ0v) is 47.4. The zero-order valence-electron chi connectivity index (χ0n) is 47.4. The average molecular weight is 982 g/mol. The topological polar surface area (TPSA) is 9.72 Å². The van der Waals surface area contributed by atoms with Gasteiger partial charge in [-0.15, -0.1) is 0 Å². The van der Waals surface area contributed by atoms with E-state index in [2.05, 4.69) is 282 Å². The molecular weight excluding hydrogens is 906 g/mol. The van der Waals surface area contributed by atoms with Crippen LogP contribution in [0.25, 0.3) is 11.1 Å². The number of fused-ring (bicyclic) bond motifs is 9. The summed E-state index contributed by atoms with van der Waals surface area (Å²) >= 11 is 0. The van der Waals surface area contributed by atoms with E-state index in [1.807, 2.05) is 0 Å². The Kier molecular flexibility index (Phi) is 10.9. The number of hydrogen-bond donors (Lipinski definition) is 0. The van der Waals surface area contributed by atoms with Gasteiger partial charge in [0.25, 0.3) is 6.71 Å². The van der Waals surface area contributed by atoms with Crippen LogP contribution in [0, 0.1) is 6.92 Å². The van der Waals surface area contributed by atoms with Gasteiger partial charge in [-0.25, -0.2) is 0 Å². The van der Waals surface area contributed by atoms with Crippen molar-refractivity contribution in [2.75, 3.05) is 14.7 Å². The van der Waals surface area contributed by atoms with Gasteiger partial charge in [0.05, 0.1) is 5.54 Å². The highest BCUT2D eigenvalue weighted by molar-refractivity contribution is 7.00. The Morgan fingerprint density at radius 2 is 0.987 bits per heavy atom. The minimum Gasteiger partial charge on any atom is -0.330 e. The molecule has 0 fully saturated rings. The molecule has 0 aromatic heterocycles. The van der Waals surface area contributed by atoms with Gasteiger partial charge in [-0.1, -0.05) is 193 Å². The summed E-state index contributed by atoms with van der Waals surface area (Å²) in [5.74, 6) is 0. The molecular formula is C71H76BN3. The van der Waals surface area contributed by atoms with Crippen LogP contribution >= 0.6 is 0 Å². The van der Waals surface area contributed by atoms with Crippen LogP contribution in [-0.4, -0.2) is 6.71 Å². The molecule has 0 saturated carbocycles. The SMILES string of the molecule is Cc1cc(C(C)(C)C)ccc1N1c2ccc(C(C)(C)C)cc2B2c3ccc(N4c5ccc(-c6ccccc6)cc5C5(C)CCc6ccccc6C45C)cc3N(c3ccc(C(C)(C)C)cc3)c3cc(C(C)(C)C)cc1c32. The summed E-state index contributed by atoms with van der Waals surface area (Å²) in [6, 6.07) is 64.4. The lowest BCUT2D eigenvalue weighted by atomic mass is 9.33. The Hall–Kier alpha value is -6.78. The molecule has 1 aliphatic carbocycles. The standard InChI is InChI=1S/C71H76BN3/c1-45-39-50(67(5,6)7)28-35-59(45)74-61-36-29-51(68(8,9)10)41-58(61)72-57-33-32-54(44-62(57)73(53-30-26-49(27-31-53)66(2,3)4)63-42-52(69(11,12)13)43-64(74)65(63)72)75-60-34-25-48(46-21-17-16-18-22-46)40-56(60)70(14)38-37-47-23-19-20-24-55(47)71(70,75)15/h16-36,39-44H,37-38H2,1-15H3. The normalized spacial score (nSPS) is 18.8. The minimum absolute atomic E-state index is 0.0131. The first-order valence-corrected chi connectivity index (χ1v) is 27.8. The quantitative estimate of drug-likeness (QED) is 0.163. The number of rotatable bonds is 4. The minimum atomic E-state index is -0.369. The summed E-state index contributed by atoms with van der Waals surface area (Å²) in [6.45, 7) is 35.5. The second-order valence-electron chi connectivity index (χ2n) is 27.1. The maximum Gasteiger partial charge on any atom is 0.252 e. The molecule has 3 heterocycles. The van der Waals surface area contributed by atoms with Gasteiger partial charge in [0, 0.05) is 50.9 Å². The average Bonchev–Trinajstić information content (AvgIpc) is 3.69. The Labute approximate surface area is 449 Å². The monoisotopic (exact) mass is 982 g/mol. The molecule has 0 spiro atoms. The van der Waals surface area contributed by atoms with E-state index in [0.29, 0.717) is 0 Å². The molecule has 3 aliphatic heterocycles. The van der Waals surface area contributed by atoms with Gasteiger partial charge in [0.15, 0.2) is 0 Å². The van der Waals surface area contributed by atoms with E-state index in [-0.39, 0.29) is 39.3 Å². The Morgan fingerprint density at radius 1 is 0.413 bits per heavy atom. The lowest BCUT2D eigenvalue weighted by Gasteiger charge is -2.51. The molecule has 378 valence electrons. The van der Waals surface area contributed by atoms with Gasteiger partial charge in [-0.2, -0.15) is 0 Å². The number of benzene rings is 8. The summed E-state index contributed by atoms with van der Waals surface area (Å²) in [6.07, 6.45) is 2.12. The number of nitrogens with zero attached hydrogens (tertiary/aromatic N) is 3. The Morgan fingerprint density at radius 3 is 1.64 bits per heavy atom.